The van der Waals surface area contributed by atoms with E-state index in [0.29, 0.717) is 22.2 Å². The molecule has 0 fully saturated rings. The maximum Gasteiger partial charge on any atom is 0.354 e. The van der Waals surface area contributed by atoms with Gasteiger partial charge in [0.2, 0.25) is 0 Å². The lowest BCUT2D eigenvalue weighted by Crippen LogP contribution is -2.15. The zero-order chi connectivity index (χ0) is 21.4. The predicted octanol–water partition coefficient (Wildman–Crippen LogP) is 2.61. The van der Waals surface area contributed by atoms with Gasteiger partial charge in [-0.1, -0.05) is 30.3 Å². The van der Waals surface area contributed by atoms with Gasteiger partial charge in [-0.05, 0) is 11.6 Å². The van der Waals surface area contributed by atoms with Crippen molar-refractivity contribution in [3.63, 3.8) is 0 Å². The fourth-order valence-electron chi connectivity index (χ4n) is 3.42. The van der Waals surface area contributed by atoms with Crippen molar-refractivity contribution in [3.8, 4) is 11.1 Å². The first-order chi connectivity index (χ1) is 14.4. The van der Waals surface area contributed by atoms with Crippen LogP contribution in [0.15, 0.2) is 58.1 Å². The van der Waals surface area contributed by atoms with E-state index in [2.05, 4.69) is 9.97 Å². The lowest BCUT2D eigenvalue weighted by molar-refractivity contribution is 0.0586. The van der Waals surface area contributed by atoms with Gasteiger partial charge in [0.25, 0.3) is 0 Å². The largest absolute Gasteiger partial charge is 0.464 e. The van der Waals surface area contributed by atoms with Crippen molar-refractivity contribution in [1.29, 1.82) is 0 Å². The Morgan fingerprint density at radius 1 is 0.733 bits per heavy atom. The Hall–Kier alpha value is -4.20. The summed E-state index contributed by atoms with van der Waals surface area (Å²) in [7, 11) is 2.42. The molecule has 0 saturated heterocycles. The molecule has 0 aliphatic carbocycles. The Morgan fingerprint density at radius 3 is 1.63 bits per heavy atom. The van der Waals surface area contributed by atoms with Gasteiger partial charge in [-0.3, -0.25) is 9.59 Å². The summed E-state index contributed by atoms with van der Waals surface area (Å²) in [6.07, 6.45) is 0. The number of esters is 2. The highest BCUT2D eigenvalue weighted by atomic mass is 16.5. The van der Waals surface area contributed by atoms with Gasteiger partial charge in [0.05, 0.1) is 25.3 Å². The Balaban J connectivity index is 2.25. The summed E-state index contributed by atoms with van der Waals surface area (Å²) < 4.78 is 9.46. The van der Waals surface area contributed by atoms with E-state index in [1.54, 1.807) is 24.3 Å². The molecule has 2 N–H and O–H groups in total. The van der Waals surface area contributed by atoms with Gasteiger partial charge >= 0.3 is 11.9 Å². The normalized spacial score (nSPS) is 10.9. The highest BCUT2D eigenvalue weighted by Gasteiger charge is 2.19. The van der Waals surface area contributed by atoms with Gasteiger partial charge in [-0.2, -0.15) is 0 Å². The van der Waals surface area contributed by atoms with Crippen LogP contribution < -0.4 is 10.9 Å². The summed E-state index contributed by atoms with van der Waals surface area (Å²) in [6.45, 7) is 0. The maximum absolute atomic E-state index is 12.8. The van der Waals surface area contributed by atoms with Crippen molar-refractivity contribution in [2.45, 2.75) is 0 Å². The van der Waals surface area contributed by atoms with Crippen molar-refractivity contribution >= 4 is 33.7 Å². The zero-order valence-corrected chi connectivity index (χ0v) is 16.1. The highest BCUT2D eigenvalue weighted by molar-refractivity contribution is 6.10. The molecule has 0 spiro atoms. The van der Waals surface area contributed by atoms with Gasteiger partial charge < -0.3 is 19.4 Å². The number of benzene rings is 2. The number of carbonyl (C=O) groups excluding carboxylic acids is 2. The lowest BCUT2D eigenvalue weighted by Gasteiger charge is -2.13. The number of aromatic nitrogens is 2. The summed E-state index contributed by atoms with van der Waals surface area (Å²) in [5, 5.41) is 0.454. The minimum Gasteiger partial charge on any atom is -0.464 e. The fraction of sp³-hybridized carbons (Fsp3) is 0.0909. The molecule has 0 aliphatic heterocycles. The van der Waals surface area contributed by atoms with E-state index in [9.17, 15) is 19.2 Å². The van der Waals surface area contributed by atoms with Crippen molar-refractivity contribution < 1.29 is 19.1 Å². The number of hydrogen-bond donors (Lipinski definition) is 2. The molecule has 8 heteroatoms. The lowest BCUT2D eigenvalue weighted by atomic mass is 9.97. The molecule has 8 nitrogen and oxygen atoms in total. The molecule has 0 amide bonds. The van der Waals surface area contributed by atoms with Crippen molar-refractivity contribution in [1.82, 2.24) is 9.97 Å². The molecule has 4 aromatic rings. The summed E-state index contributed by atoms with van der Waals surface area (Å²) in [5.41, 5.74) is 0.853. The third kappa shape index (κ3) is 3.04. The number of rotatable bonds is 3. The molecular formula is C22H16N2O6. The number of pyridine rings is 2. The van der Waals surface area contributed by atoms with Gasteiger partial charge in [0, 0.05) is 28.5 Å². The molecule has 150 valence electrons. The van der Waals surface area contributed by atoms with Crippen LogP contribution >= 0.6 is 0 Å². The Kier molecular flexibility index (Phi) is 4.67. The molecule has 4 rings (SSSR count). The van der Waals surface area contributed by atoms with Crippen molar-refractivity contribution in [3.05, 3.63) is 80.4 Å². The number of nitrogens with one attached hydrogen (secondary N) is 2. The second-order valence-electron chi connectivity index (χ2n) is 6.54. The molecule has 2 aromatic carbocycles. The monoisotopic (exact) mass is 404 g/mol. The van der Waals surface area contributed by atoms with E-state index in [4.69, 9.17) is 9.47 Å². The smallest absolute Gasteiger partial charge is 0.354 e. The fourth-order valence-corrected chi connectivity index (χ4v) is 3.42. The molecule has 2 aromatic heterocycles. The molecule has 30 heavy (non-hydrogen) atoms. The number of aromatic amines is 2. The Bertz CT molecular complexity index is 1350. The van der Waals surface area contributed by atoms with Crippen LogP contribution in [0.2, 0.25) is 0 Å². The predicted molar refractivity (Wildman–Crippen MR) is 111 cm³/mol. The van der Waals surface area contributed by atoms with Crippen molar-refractivity contribution in [2.75, 3.05) is 14.2 Å². The molecule has 0 saturated carbocycles. The number of fused-ring (bicyclic) bond motifs is 2. The van der Waals surface area contributed by atoms with Crippen LogP contribution in [0, 0.1) is 0 Å². The van der Waals surface area contributed by atoms with Crippen LogP contribution in [-0.4, -0.2) is 36.1 Å². The topological polar surface area (TPSA) is 118 Å². The summed E-state index contributed by atoms with van der Waals surface area (Å²) >= 11 is 0. The van der Waals surface area contributed by atoms with E-state index in [-0.39, 0.29) is 22.2 Å². The molecule has 0 unspecified atom stereocenters. The van der Waals surface area contributed by atoms with E-state index in [0.717, 1.165) is 12.1 Å². The summed E-state index contributed by atoms with van der Waals surface area (Å²) in [5.74, 6) is -1.41. The molecule has 0 aliphatic rings. The maximum atomic E-state index is 12.8. The minimum absolute atomic E-state index is 0.0296. The molecule has 0 bridgehead atoms. The van der Waals surface area contributed by atoms with Gasteiger partial charge in [0.15, 0.2) is 10.9 Å². The number of hydrogen-bond acceptors (Lipinski definition) is 6. The average molecular weight is 404 g/mol. The van der Waals surface area contributed by atoms with E-state index in [1.165, 1.54) is 20.3 Å². The van der Waals surface area contributed by atoms with Crippen LogP contribution in [0.4, 0.5) is 0 Å². The van der Waals surface area contributed by atoms with Crippen LogP contribution in [-0.2, 0) is 9.47 Å². The van der Waals surface area contributed by atoms with E-state index < -0.39 is 22.8 Å². The van der Waals surface area contributed by atoms with Crippen LogP contribution in [0.5, 0.6) is 0 Å². The van der Waals surface area contributed by atoms with Crippen LogP contribution in [0.3, 0.4) is 0 Å². The number of methoxy groups -OCH3 is 2. The second-order valence-corrected chi connectivity index (χ2v) is 6.54. The quantitative estimate of drug-likeness (QED) is 0.400. The third-order valence-corrected chi connectivity index (χ3v) is 4.80. The molecule has 2 heterocycles. The number of H-pyrrole nitrogens is 2. The molecular weight excluding hydrogens is 388 g/mol. The average Bonchev–Trinajstić information content (AvgIpc) is 2.77. The van der Waals surface area contributed by atoms with Crippen LogP contribution in [0.25, 0.3) is 32.9 Å². The molecule has 0 atom stereocenters. The third-order valence-electron chi connectivity index (χ3n) is 4.80. The van der Waals surface area contributed by atoms with E-state index >= 15 is 0 Å². The first kappa shape index (κ1) is 19.1. The Morgan fingerprint density at radius 2 is 1.20 bits per heavy atom. The Labute approximate surface area is 169 Å². The van der Waals surface area contributed by atoms with Gasteiger partial charge in [0.1, 0.15) is 11.4 Å². The highest BCUT2D eigenvalue weighted by Crippen LogP contribution is 2.32. The van der Waals surface area contributed by atoms with E-state index in [1.807, 2.05) is 6.07 Å². The first-order valence-corrected chi connectivity index (χ1v) is 8.93. The number of carbonyl (C=O) groups is 2. The standard InChI is InChI=1S/C22H16N2O6/c1-29-21(27)14-9-16(25)12-8-13-17(26)10-15(22(28)30-2)24-20(13)18(19(12)23-14)11-6-4-3-5-7-11/h3-10H,1-2H3,(H,23,25)(H,24,26). The first-order valence-electron chi connectivity index (χ1n) is 8.93. The summed E-state index contributed by atoms with van der Waals surface area (Å²) in [4.78, 5) is 55.5. The van der Waals surface area contributed by atoms with Gasteiger partial charge in [-0.15, -0.1) is 0 Å². The van der Waals surface area contributed by atoms with Crippen LogP contribution in [0.1, 0.15) is 21.0 Å². The van der Waals surface area contributed by atoms with Crippen molar-refractivity contribution in [2.24, 2.45) is 0 Å². The molecule has 0 radical (unpaired) electrons. The SMILES string of the molecule is COC(=O)c1cc(=O)c2cc3c(=O)cc(C(=O)OC)[nH]c3c(-c3ccccc3)c2[nH]1. The summed E-state index contributed by atoms with van der Waals surface area (Å²) in [6, 6.07) is 12.7. The minimum atomic E-state index is -0.704. The zero-order valence-electron chi connectivity index (χ0n) is 16.1. The van der Waals surface area contributed by atoms with Gasteiger partial charge in [-0.25, -0.2) is 9.59 Å². The number of ether oxygens (including phenoxy) is 2. The second kappa shape index (κ2) is 7.32.